The van der Waals surface area contributed by atoms with Gasteiger partial charge >= 0.3 is 0 Å². The molecule has 0 aromatic carbocycles. The van der Waals surface area contributed by atoms with Gasteiger partial charge in [0.25, 0.3) is 0 Å². The van der Waals surface area contributed by atoms with Crippen molar-refractivity contribution in [2.24, 2.45) is 0 Å². The van der Waals surface area contributed by atoms with Gasteiger partial charge in [0, 0.05) is 6.61 Å². The Labute approximate surface area is 65.4 Å². The average Bonchev–Trinajstić information content (AvgIpc) is 2.60. The molecule has 0 amide bonds. The Bertz CT molecular complexity index is 202. The minimum absolute atomic E-state index is 0.341. The van der Waals surface area contributed by atoms with Gasteiger partial charge in [-0.2, -0.15) is 0 Å². The van der Waals surface area contributed by atoms with Gasteiger partial charge in [0.15, 0.2) is 5.89 Å². The average molecular weight is 153 g/mol. The zero-order valence-electron chi connectivity index (χ0n) is 6.32. The molecular formula is C8H11NO2. The minimum Gasteiger partial charge on any atom is -0.449 e. The summed E-state index contributed by atoms with van der Waals surface area (Å²) < 4.78 is 10.5. The number of rotatable bonds is 2. The van der Waals surface area contributed by atoms with E-state index in [1.165, 1.54) is 6.42 Å². The lowest BCUT2D eigenvalue weighted by Crippen LogP contribution is -2.08. The smallest absolute Gasteiger partial charge is 0.196 e. The Morgan fingerprint density at radius 3 is 3.27 bits per heavy atom. The van der Waals surface area contributed by atoms with Crippen molar-refractivity contribution in [3.05, 3.63) is 18.4 Å². The molecule has 3 nitrogen and oxygen atoms in total. The number of oxazole rings is 1. The highest BCUT2D eigenvalue weighted by Gasteiger charge is 2.17. The molecule has 0 radical (unpaired) electrons. The van der Waals surface area contributed by atoms with Gasteiger partial charge in [-0.1, -0.05) is 0 Å². The first-order valence-electron chi connectivity index (χ1n) is 3.95. The molecule has 1 aromatic heterocycles. The lowest BCUT2D eigenvalue weighted by molar-refractivity contribution is 0.106. The molecule has 0 saturated carbocycles. The van der Waals surface area contributed by atoms with E-state index in [9.17, 15) is 0 Å². The van der Waals surface area contributed by atoms with Gasteiger partial charge in [-0.05, 0) is 12.8 Å². The van der Waals surface area contributed by atoms with E-state index in [0.29, 0.717) is 6.10 Å². The van der Waals surface area contributed by atoms with Crippen LogP contribution in [0.5, 0.6) is 0 Å². The topological polar surface area (TPSA) is 35.3 Å². The van der Waals surface area contributed by atoms with Crippen LogP contribution in [0.25, 0.3) is 0 Å². The molecule has 3 heteroatoms. The summed E-state index contributed by atoms with van der Waals surface area (Å²) in [6, 6.07) is 0. The van der Waals surface area contributed by atoms with Gasteiger partial charge in [-0.25, -0.2) is 4.98 Å². The molecule has 2 rings (SSSR count). The molecule has 1 saturated heterocycles. The molecule has 60 valence electrons. The first-order chi connectivity index (χ1) is 5.45. The van der Waals surface area contributed by atoms with Crippen LogP contribution < -0.4 is 0 Å². The second-order valence-corrected chi connectivity index (χ2v) is 2.76. The molecule has 1 atom stereocenters. The quantitative estimate of drug-likeness (QED) is 0.644. The number of hydrogen-bond donors (Lipinski definition) is 0. The normalized spacial score (nSPS) is 24.2. The summed E-state index contributed by atoms with van der Waals surface area (Å²) in [6.45, 7) is 0.894. The van der Waals surface area contributed by atoms with Gasteiger partial charge in [0.05, 0.1) is 18.7 Å². The fraction of sp³-hybridized carbons (Fsp3) is 0.625. The lowest BCUT2D eigenvalue weighted by Gasteiger charge is -2.04. The van der Waals surface area contributed by atoms with E-state index in [1.807, 2.05) is 0 Å². The highest BCUT2D eigenvalue weighted by Crippen LogP contribution is 2.15. The molecule has 1 aliphatic rings. The van der Waals surface area contributed by atoms with Crippen LogP contribution in [0.2, 0.25) is 0 Å². The third-order valence-electron chi connectivity index (χ3n) is 1.91. The van der Waals surface area contributed by atoms with E-state index < -0.39 is 0 Å². The van der Waals surface area contributed by atoms with Crippen LogP contribution in [0.4, 0.5) is 0 Å². The summed E-state index contributed by atoms with van der Waals surface area (Å²) in [4.78, 5) is 4.03. The maximum atomic E-state index is 5.43. The molecular weight excluding hydrogens is 142 g/mol. The predicted octanol–water partition coefficient (Wildman–Crippen LogP) is 1.40. The molecule has 0 bridgehead atoms. The van der Waals surface area contributed by atoms with Crippen LogP contribution in [0.15, 0.2) is 16.9 Å². The molecule has 0 N–H and O–H groups in total. The number of hydrogen-bond acceptors (Lipinski definition) is 3. The van der Waals surface area contributed by atoms with Gasteiger partial charge in [-0.15, -0.1) is 0 Å². The van der Waals surface area contributed by atoms with Crippen LogP contribution in [-0.2, 0) is 11.2 Å². The molecule has 1 aromatic rings. The third kappa shape index (κ3) is 1.60. The molecule has 1 fully saturated rings. The SMILES string of the molecule is c1coc(CC2CCCO2)n1. The second kappa shape index (κ2) is 3.05. The lowest BCUT2D eigenvalue weighted by atomic mass is 10.2. The first-order valence-corrected chi connectivity index (χ1v) is 3.95. The van der Waals surface area contributed by atoms with Gasteiger partial charge in [0.2, 0.25) is 0 Å². The van der Waals surface area contributed by atoms with Crippen LogP contribution >= 0.6 is 0 Å². The van der Waals surface area contributed by atoms with Crippen molar-refractivity contribution < 1.29 is 9.15 Å². The summed E-state index contributed by atoms with van der Waals surface area (Å²) in [5, 5.41) is 0. The Hall–Kier alpha value is -0.830. The van der Waals surface area contributed by atoms with E-state index >= 15 is 0 Å². The number of aromatic nitrogens is 1. The highest BCUT2D eigenvalue weighted by molar-refractivity contribution is 4.84. The maximum Gasteiger partial charge on any atom is 0.196 e. The van der Waals surface area contributed by atoms with E-state index in [-0.39, 0.29) is 0 Å². The summed E-state index contributed by atoms with van der Waals surface area (Å²) >= 11 is 0. The van der Waals surface area contributed by atoms with Crippen molar-refractivity contribution >= 4 is 0 Å². The van der Waals surface area contributed by atoms with Gasteiger partial charge < -0.3 is 9.15 Å². The van der Waals surface area contributed by atoms with E-state index in [1.54, 1.807) is 12.5 Å². The largest absolute Gasteiger partial charge is 0.449 e. The fourth-order valence-electron chi connectivity index (χ4n) is 1.35. The van der Waals surface area contributed by atoms with E-state index in [4.69, 9.17) is 9.15 Å². The van der Waals surface area contributed by atoms with Crippen molar-refractivity contribution in [3.63, 3.8) is 0 Å². The summed E-state index contributed by atoms with van der Waals surface area (Å²) in [5.74, 6) is 0.789. The summed E-state index contributed by atoms with van der Waals surface area (Å²) in [5.41, 5.74) is 0. The van der Waals surface area contributed by atoms with Crippen molar-refractivity contribution in [3.8, 4) is 0 Å². The van der Waals surface area contributed by atoms with Crippen molar-refractivity contribution in [1.82, 2.24) is 4.98 Å². The second-order valence-electron chi connectivity index (χ2n) is 2.76. The molecule has 0 spiro atoms. The Morgan fingerprint density at radius 2 is 2.64 bits per heavy atom. The monoisotopic (exact) mass is 153 g/mol. The van der Waals surface area contributed by atoms with Crippen LogP contribution in [0.1, 0.15) is 18.7 Å². The van der Waals surface area contributed by atoms with Crippen molar-refractivity contribution in [2.45, 2.75) is 25.4 Å². The maximum absolute atomic E-state index is 5.43. The Balaban J connectivity index is 1.90. The van der Waals surface area contributed by atoms with Crippen LogP contribution in [0, 0.1) is 0 Å². The predicted molar refractivity (Wildman–Crippen MR) is 39.2 cm³/mol. The summed E-state index contributed by atoms with van der Waals surface area (Å²) in [6.07, 6.45) is 6.75. The minimum atomic E-state index is 0.341. The number of ether oxygens (including phenoxy) is 1. The highest BCUT2D eigenvalue weighted by atomic mass is 16.5. The zero-order chi connectivity index (χ0) is 7.52. The molecule has 11 heavy (non-hydrogen) atoms. The van der Waals surface area contributed by atoms with Crippen LogP contribution in [-0.4, -0.2) is 17.7 Å². The Morgan fingerprint density at radius 1 is 1.64 bits per heavy atom. The van der Waals surface area contributed by atoms with Crippen molar-refractivity contribution in [1.29, 1.82) is 0 Å². The summed E-state index contributed by atoms with van der Waals surface area (Å²) in [7, 11) is 0. The van der Waals surface area contributed by atoms with Gasteiger partial charge in [0.1, 0.15) is 6.26 Å². The van der Waals surface area contributed by atoms with Crippen LogP contribution in [0.3, 0.4) is 0 Å². The standard InChI is InChI=1S/C8H11NO2/c1-2-7(10-4-1)6-8-9-3-5-11-8/h3,5,7H,1-2,4,6H2. The Kier molecular flexibility index (Phi) is 1.90. The fourth-order valence-corrected chi connectivity index (χ4v) is 1.35. The van der Waals surface area contributed by atoms with Crippen molar-refractivity contribution in [2.75, 3.05) is 6.61 Å². The van der Waals surface area contributed by atoms with E-state index in [2.05, 4.69) is 4.98 Å². The third-order valence-corrected chi connectivity index (χ3v) is 1.91. The number of nitrogens with zero attached hydrogens (tertiary/aromatic N) is 1. The molecule has 0 aliphatic carbocycles. The first kappa shape index (κ1) is 6.85. The molecule has 1 aliphatic heterocycles. The van der Waals surface area contributed by atoms with Gasteiger partial charge in [-0.3, -0.25) is 0 Å². The zero-order valence-corrected chi connectivity index (χ0v) is 6.32. The van der Waals surface area contributed by atoms with E-state index in [0.717, 1.165) is 25.3 Å². The molecule has 2 heterocycles. The molecule has 1 unspecified atom stereocenters.